The minimum absolute atomic E-state index is 0.0393. The molecule has 0 saturated heterocycles. The Bertz CT molecular complexity index is 484. The van der Waals surface area contributed by atoms with Crippen molar-refractivity contribution in [1.29, 1.82) is 0 Å². The van der Waals surface area contributed by atoms with E-state index in [1.165, 1.54) is 13.8 Å². The Morgan fingerprint density at radius 1 is 1.16 bits per heavy atom. The first-order valence-electron chi connectivity index (χ1n) is 6.06. The van der Waals surface area contributed by atoms with Crippen LogP contribution in [0.25, 0.3) is 0 Å². The number of carboxylic acid groups (broad SMARTS) is 1. The Kier molecular flexibility index (Phi) is 3.98. The topological polar surface area (TPSA) is 79.3 Å². The van der Waals surface area contributed by atoms with Gasteiger partial charge >= 0.3 is 5.97 Å². The molecule has 5 nitrogen and oxygen atoms in total. The molecule has 1 amide bonds. The number of hydrogen-bond donors (Lipinski definition) is 2. The summed E-state index contributed by atoms with van der Waals surface area (Å²) in [6, 6.07) is 3.43. The fraction of sp³-hybridized carbons (Fsp3) is 0.500. The first-order chi connectivity index (χ1) is 8.54. The normalized spacial score (nSPS) is 12.1. The first-order valence-corrected chi connectivity index (χ1v) is 6.06. The largest absolute Gasteiger partial charge is 0.480 e. The molecular weight excluding hydrogens is 244 g/mol. The van der Waals surface area contributed by atoms with Gasteiger partial charge in [0, 0.05) is 6.20 Å². The average molecular weight is 264 g/mol. The third-order valence-corrected chi connectivity index (χ3v) is 2.82. The van der Waals surface area contributed by atoms with Gasteiger partial charge in [0.2, 0.25) is 0 Å². The third kappa shape index (κ3) is 3.77. The Hall–Kier alpha value is -1.91. The summed E-state index contributed by atoms with van der Waals surface area (Å²) in [6.07, 6.45) is 1.64. The highest BCUT2D eigenvalue weighted by molar-refractivity contribution is 5.96. The molecular formula is C14H20N2O3. The Morgan fingerprint density at radius 2 is 1.74 bits per heavy atom. The zero-order chi connectivity index (χ0) is 14.8. The van der Waals surface area contributed by atoms with E-state index in [0.29, 0.717) is 0 Å². The number of pyridine rings is 1. The molecule has 0 fully saturated rings. The predicted molar refractivity (Wildman–Crippen MR) is 72.1 cm³/mol. The molecule has 0 saturated carbocycles. The van der Waals surface area contributed by atoms with E-state index in [-0.39, 0.29) is 11.1 Å². The highest BCUT2D eigenvalue weighted by Crippen LogP contribution is 2.21. The molecule has 0 radical (unpaired) electrons. The molecule has 2 N–H and O–H groups in total. The van der Waals surface area contributed by atoms with Gasteiger partial charge in [0.25, 0.3) is 5.91 Å². The lowest BCUT2D eigenvalue weighted by atomic mass is 9.88. The molecule has 0 aliphatic rings. The van der Waals surface area contributed by atoms with Crippen LogP contribution < -0.4 is 5.32 Å². The van der Waals surface area contributed by atoms with E-state index >= 15 is 0 Å². The van der Waals surface area contributed by atoms with Gasteiger partial charge in [0.05, 0.1) is 0 Å². The van der Waals surface area contributed by atoms with E-state index in [9.17, 15) is 9.59 Å². The summed E-state index contributed by atoms with van der Waals surface area (Å²) in [6.45, 7) is 9.01. The molecule has 19 heavy (non-hydrogen) atoms. The van der Waals surface area contributed by atoms with Crippen LogP contribution >= 0.6 is 0 Å². The van der Waals surface area contributed by atoms with Crippen molar-refractivity contribution < 1.29 is 14.7 Å². The molecule has 1 aromatic rings. The number of aromatic nitrogens is 1. The van der Waals surface area contributed by atoms with E-state index in [2.05, 4.69) is 31.1 Å². The molecule has 0 aliphatic carbocycles. The number of aliphatic carboxylic acids is 1. The maximum absolute atomic E-state index is 11.9. The van der Waals surface area contributed by atoms with Gasteiger partial charge in [0.15, 0.2) is 0 Å². The maximum atomic E-state index is 11.9. The molecule has 0 atom stereocenters. The summed E-state index contributed by atoms with van der Waals surface area (Å²) in [5, 5.41) is 11.4. The van der Waals surface area contributed by atoms with Crippen molar-refractivity contribution >= 4 is 11.9 Å². The molecule has 5 heteroatoms. The van der Waals surface area contributed by atoms with Crippen LogP contribution in [0.3, 0.4) is 0 Å². The number of carboxylic acids is 1. The van der Waals surface area contributed by atoms with E-state index in [1.54, 1.807) is 12.3 Å². The van der Waals surface area contributed by atoms with Crippen LogP contribution in [-0.4, -0.2) is 27.5 Å². The summed E-state index contributed by atoms with van der Waals surface area (Å²) in [7, 11) is 0. The fourth-order valence-corrected chi connectivity index (χ4v) is 1.37. The number of nitrogens with one attached hydrogen (secondary N) is 1. The zero-order valence-electron chi connectivity index (χ0n) is 11.9. The standard InChI is InChI=1S/C14H20N2O3/c1-13(2,3)9-6-7-10(15-8-9)11(17)16-14(4,5)12(18)19/h6-8H,1-5H3,(H,16,17)(H,18,19). The molecule has 0 unspecified atom stereocenters. The zero-order valence-corrected chi connectivity index (χ0v) is 11.9. The number of rotatable bonds is 3. The molecule has 1 heterocycles. The van der Waals surface area contributed by atoms with Gasteiger partial charge in [-0.2, -0.15) is 0 Å². The summed E-state index contributed by atoms with van der Waals surface area (Å²) in [5.41, 5.74) is -0.132. The quantitative estimate of drug-likeness (QED) is 0.874. The van der Waals surface area contributed by atoms with Crippen molar-refractivity contribution in [3.05, 3.63) is 29.6 Å². The lowest BCUT2D eigenvalue weighted by molar-refractivity contribution is -0.143. The molecule has 0 aliphatic heterocycles. The van der Waals surface area contributed by atoms with Crippen molar-refractivity contribution in [3.8, 4) is 0 Å². The first kappa shape index (κ1) is 15.1. The van der Waals surface area contributed by atoms with E-state index < -0.39 is 17.4 Å². The number of carbonyl (C=O) groups excluding carboxylic acids is 1. The third-order valence-electron chi connectivity index (χ3n) is 2.82. The average Bonchev–Trinajstić information content (AvgIpc) is 2.27. The van der Waals surface area contributed by atoms with Crippen LogP contribution in [0, 0.1) is 0 Å². The van der Waals surface area contributed by atoms with Crippen molar-refractivity contribution in [2.75, 3.05) is 0 Å². The minimum atomic E-state index is -1.32. The SMILES string of the molecule is CC(C)(NC(=O)c1ccc(C(C)(C)C)cn1)C(=O)O. The molecule has 1 rings (SSSR count). The lowest BCUT2D eigenvalue weighted by Gasteiger charge is -2.21. The van der Waals surface area contributed by atoms with Crippen LogP contribution in [0.15, 0.2) is 18.3 Å². The van der Waals surface area contributed by atoms with Gasteiger partial charge in [-0.25, -0.2) is 4.79 Å². The number of nitrogens with zero attached hydrogens (tertiary/aromatic N) is 1. The van der Waals surface area contributed by atoms with Crippen LogP contribution in [0.1, 0.15) is 50.7 Å². The lowest BCUT2D eigenvalue weighted by Crippen LogP contribution is -2.49. The van der Waals surface area contributed by atoms with Crippen LogP contribution in [0.5, 0.6) is 0 Å². The number of hydrogen-bond acceptors (Lipinski definition) is 3. The minimum Gasteiger partial charge on any atom is -0.480 e. The predicted octanol–water partition coefficient (Wildman–Crippen LogP) is 1.97. The second kappa shape index (κ2) is 4.99. The number of carbonyl (C=O) groups is 2. The van der Waals surface area contributed by atoms with Crippen molar-refractivity contribution in [2.24, 2.45) is 0 Å². The highest BCUT2D eigenvalue weighted by atomic mass is 16.4. The van der Waals surface area contributed by atoms with Crippen LogP contribution in [0.4, 0.5) is 0 Å². The molecule has 104 valence electrons. The summed E-state index contributed by atoms with van der Waals surface area (Å²) in [5.74, 6) is -1.58. The smallest absolute Gasteiger partial charge is 0.328 e. The summed E-state index contributed by atoms with van der Waals surface area (Å²) in [4.78, 5) is 26.9. The summed E-state index contributed by atoms with van der Waals surface area (Å²) >= 11 is 0. The molecule has 0 aromatic carbocycles. The van der Waals surface area contributed by atoms with Crippen LogP contribution in [-0.2, 0) is 10.2 Å². The van der Waals surface area contributed by atoms with Crippen molar-refractivity contribution in [3.63, 3.8) is 0 Å². The second-order valence-corrected chi connectivity index (χ2v) is 6.07. The Balaban J connectivity index is 2.88. The van der Waals surface area contributed by atoms with Gasteiger partial charge < -0.3 is 10.4 Å². The summed E-state index contributed by atoms with van der Waals surface area (Å²) < 4.78 is 0. The fourth-order valence-electron chi connectivity index (χ4n) is 1.37. The Morgan fingerprint density at radius 3 is 2.11 bits per heavy atom. The van der Waals surface area contributed by atoms with Gasteiger partial charge in [0.1, 0.15) is 11.2 Å². The Labute approximate surface area is 113 Å². The molecule has 0 bridgehead atoms. The number of amides is 1. The molecule has 0 spiro atoms. The monoisotopic (exact) mass is 264 g/mol. The van der Waals surface area contributed by atoms with Crippen LogP contribution in [0.2, 0.25) is 0 Å². The van der Waals surface area contributed by atoms with Crippen molar-refractivity contribution in [1.82, 2.24) is 10.3 Å². The second-order valence-electron chi connectivity index (χ2n) is 6.07. The van der Waals surface area contributed by atoms with Gasteiger partial charge in [-0.15, -0.1) is 0 Å². The van der Waals surface area contributed by atoms with E-state index in [1.807, 2.05) is 6.07 Å². The van der Waals surface area contributed by atoms with E-state index in [0.717, 1.165) is 5.56 Å². The molecule has 1 aromatic heterocycles. The highest BCUT2D eigenvalue weighted by Gasteiger charge is 2.29. The maximum Gasteiger partial charge on any atom is 0.328 e. The van der Waals surface area contributed by atoms with Gasteiger partial charge in [-0.05, 0) is 30.9 Å². The van der Waals surface area contributed by atoms with Crippen molar-refractivity contribution in [2.45, 2.75) is 45.6 Å². The van der Waals surface area contributed by atoms with E-state index in [4.69, 9.17) is 5.11 Å². The van der Waals surface area contributed by atoms with Gasteiger partial charge in [-0.1, -0.05) is 26.8 Å². The van der Waals surface area contributed by atoms with Gasteiger partial charge in [-0.3, -0.25) is 9.78 Å².